The Morgan fingerprint density at radius 3 is 1.84 bits per heavy atom. The van der Waals surface area contributed by atoms with E-state index in [1.807, 2.05) is 13.8 Å². The second kappa shape index (κ2) is 7.63. The fourth-order valence-corrected chi connectivity index (χ4v) is 2.47. The Morgan fingerprint density at radius 2 is 1.36 bits per heavy atom. The second-order valence-corrected chi connectivity index (χ2v) is 6.01. The van der Waals surface area contributed by atoms with Crippen LogP contribution in [0.4, 0.5) is 22.0 Å². The molecule has 0 aromatic heterocycles. The maximum atomic E-state index is 13.8. The van der Waals surface area contributed by atoms with Crippen LogP contribution in [0.15, 0.2) is 30.3 Å². The van der Waals surface area contributed by atoms with Crippen molar-refractivity contribution in [1.29, 1.82) is 0 Å². The summed E-state index contributed by atoms with van der Waals surface area (Å²) in [5.41, 5.74) is -0.825. The van der Waals surface area contributed by atoms with E-state index in [2.05, 4.69) is 5.32 Å². The molecule has 7 heteroatoms. The van der Waals surface area contributed by atoms with Crippen LogP contribution >= 0.6 is 0 Å². The number of carbonyl (C=O) groups excluding carboxylic acids is 1. The first-order chi connectivity index (χ1) is 11.7. The highest BCUT2D eigenvalue weighted by molar-refractivity contribution is 5.95. The summed E-state index contributed by atoms with van der Waals surface area (Å²) in [5.74, 6) is -12.1. The molecule has 1 N–H and O–H groups in total. The average molecular weight is 357 g/mol. The van der Waals surface area contributed by atoms with Crippen LogP contribution in [0, 0.1) is 35.0 Å². The van der Waals surface area contributed by atoms with Gasteiger partial charge in [-0.2, -0.15) is 0 Å². The van der Waals surface area contributed by atoms with Gasteiger partial charge in [-0.15, -0.1) is 0 Å². The van der Waals surface area contributed by atoms with E-state index in [1.165, 1.54) is 0 Å². The molecule has 0 radical (unpaired) electrons. The van der Waals surface area contributed by atoms with Crippen LogP contribution in [0.1, 0.15) is 42.2 Å². The number of hydrogen-bond donors (Lipinski definition) is 1. The quantitative estimate of drug-likeness (QED) is 0.460. The van der Waals surface area contributed by atoms with Crippen LogP contribution in [-0.4, -0.2) is 5.91 Å². The highest BCUT2D eigenvalue weighted by Gasteiger charge is 2.30. The van der Waals surface area contributed by atoms with Crippen LogP contribution in [0.5, 0.6) is 0 Å². The van der Waals surface area contributed by atoms with Gasteiger partial charge in [0.05, 0.1) is 6.04 Å². The van der Waals surface area contributed by atoms with Crippen molar-refractivity contribution in [3.8, 4) is 0 Å². The largest absolute Gasteiger partial charge is 0.345 e. The van der Waals surface area contributed by atoms with Crippen molar-refractivity contribution in [3.05, 3.63) is 70.5 Å². The zero-order valence-corrected chi connectivity index (χ0v) is 13.5. The smallest absolute Gasteiger partial charge is 0.257 e. The lowest BCUT2D eigenvalue weighted by Crippen LogP contribution is -2.31. The molecule has 0 saturated heterocycles. The summed E-state index contributed by atoms with van der Waals surface area (Å²) < 4.78 is 67.3. The highest BCUT2D eigenvalue weighted by atomic mass is 19.2. The Balaban J connectivity index is 2.40. The molecule has 0 bridgehead atoms. The first kappa shape index (κ1) is 18.9. The molecule has 0 heterocycles. The lowest BCUT2D eigenvalue weighted by atomic mass is 9.96. The molecule has 0 spiro atoms. The van der Waals surface area contributed by atoms with Crippen LogP contribution in [-0.2, 0) is 0 Å². The molecule has 2 aromatic rings. The van der Waals surface area contributed by atoms with E-state index in [4.69, 9.17) is 0 Å². The molecule has 0 unspecified atom stereocenters. The Bertz CT molecular complexity index is 748. The van der Waals surface area contributed by atoms with E-state index in [-0.39, 0.29) is 5.92 Å². The Hall–Kier alpha value is -2.44. The number of carbonyl (C=O) groups is 1. The molecule has 2 aromatic carbocycles. The zero-order valence-electron chi connectivity index (χ0n) is 13.5. The predicted molar refractivity (Wildman–Crippen MR) is 82.3 cm³/mol. The van der Waals surface area contributed by atoms with Crippen LogP contribution < -0.4 is 5.32 Å². The molecule has 0 fully saturated rings. The van der Waals surface area contributed by atoms with E-state index in [1.54, 1.807) is 30.3 Å². The first-order valence-electron chi connectivity index (χ1n) is 7.61. The molecule has 25 heavy (non-hydrogen) atoms. The number of nitrogens with one attached hydrogen (secondary N) is 1. The molecule has 0 aliphatic heterocycles. The summed E-state index contributed by atoms with van der Waals surface area (Å²) in [7, 11) is 0. The van der Waals surface area contributed by atoms with Gasteiger partial charge in [0.1, 0.15) is 5.56 Å². The van der Waals surface area contributed by atoms with E-state index in [9.17, 15) is 26.7 Å². The number of amides is 1. The van der Waals surface area contributed by atoms with Gasteiger partial charge >= 0.3 is 0 Å². The van der Waals surface area contributed by atoms with Crippen molar-refractivity contribution >= 4 is 5.91 Å². The Kier molecular flexibility index (Phi) is 5.77. The number of rotatable bonds is 5. The predicted octanol–water partition coefficient (Wildman–Crippen LogP) is 4.90. The molecular formula is C18H16F5NO. The minimum absolute atomic E-state index is 0.113. The van der Waals surface area contributed by atoms with Gasteiger partial charge in [-0.25, -0.2) is 22.0 Å². The van der Waals surface area contributed by atoms with Crippen molar-refractivity contribution in [3.63, 3.8) is 0 Å². The lowest BCUT2D eigenvalue weighted by molar-refractivity contribution is 0.0920. The summed E-state index contributed by atoms with van der Waals surface area (Å²) >= 11 is 0. The van der Waals surface area contributed by atoms with Crippen molar-refractivity contribution in [2.75, 3.05) is 0 Å². The fourth-order valence-electron chi connectivity index (χ4n) is 2.47. The van der Waals surface area contributed by atoms with Gasteiger partial charge in [-0.3, -0.25) is 4.79 Å². The van der Waals surface area contributed by atoms with E-state index >= 15 is 0 Å². The maximum absolute atomic E-state index is 13.8. The van der Waals surface area contributed by atoms with E-state index in [0.717, 1.165) is 0 Å². The summed E-state index contributed by atoms with van der Waals surface area (Å²) in [5, 5.41) is 2.36. The third-order valence-electron chi connectivity index (χ3n) is 3.65. The van der Waals surface area contributed by atoms with Crippen molar-refractivity contribution in [2.24, 2.45) is 5.92 Å². The van der Waals surface area contributed by atoms with Gasteiger partial charge in [0, 0.05) is 0 Å². The molecule has 0 saturated carbocycles. The summed E-state index contributed by atoms with van der Waals surface area (Å²) in [6.07, 6.45) is 0.422. The monoisotopic (exact) mass is 357 g/mol. The molecular weight excluding hydrogens is 341 g/mol. The normalized spacial score (nSPS) is 12.3. The van der Waals surface area contributed by atoms with Gasteiger partial charge in [0.25, 0.3) is 5.91 Å². The van der Waals surface area contributed by atoms with Crippen molar-refractivity contribution < 1.29 is 26.7 Å². The Labute approximate surface area is 141 Å². The minimum Gasteiger partial charge on any atom is -0.345 e. The SMILES string of the molecule is CC(C)C[C@@H](NC(=O)c1c(F)c(F)c(F)c(F)c1F)c1ccccc1. The van der Waals surface area contributed by atoms with Gasteiger partial charge in [0.2, 0.25) is 5.82 Å². The Morgan fingerprint density at radius 1 is 0.880 bits per heavy atom. The summed E-state index contributed by atoms with van der Waals surface area (Å²) in [6, 6.07) is 7.95. The maximum Gasteiger partial charge on any atom is 0.257 e. The third-order valence-corrected chi connectivity index (χ3v) is 3.65. The lowest BCUT2D eigenvalue weighted by Gasteiger charge is -2.21. The molecule has 0 aliphatic rings. The van der Waals surface area contributed by atoms with Gasteiger partial charge < -0.3 is 5.32 Å². The topological polar surface area (TPSA) is 29.1 Å². The van der Waals surface area contributed by atoms with Crippen LogP contribution in [0.2, 0.25) is 0 Å². The first-order valence-corrected chi connectivity index (χ1v) is 7.61. The van der Waals surface area contributed by atoms with Gasteiger partial charge in [0.15, 0.2) is 23.3 Å². The van der Waals surface area contributed by atoms with Gasteiger partial charge in [-0.1, -0.05) is 44.2 Å². The van der Waals surface area contributed by atoms with Crippen LogP contribution in [0.3, 0.4) is 0 Å². The van der Waals surface area contributed by atoms with E-state index < -0.39 is 46.6 Å². The number of hydrogen-bond acceptors (Lipinski definition) is 1. The zero-order chi connectivity index (χ0) is 18.7. The highest BCUT2D eigenvalue weighted by Crippen LogP contribution is 2.26. The number of benzene rings is 2. The van der Waals surface area contributed by atoms with Crippen LogP contribution in [0.25, 0.3) is 0 Å². The molecule has 0 aliphatic carbocycles. The third kappa shape index (κ3) is 3.97. The molecule has 2 nitrogen and oxygen atoms in total. The van der Waals surface area contributed by atoms with Gasteiger partial charge in [-0.05, 0) is 17.9 Å². The standard InChI is InChI=1S/C18H16F5NO/c1-9(2)8-11(10-6-4-3-5-7-10)24-18(25)12-13(19)15(21)17(23)16(22)14(12)20/h3-7,9,11H,8H2,1-2H3,(H,24,25)/t11-/m1/s1. The molecule has 134 valence electrons. The average Bonchev–Trinajstić information content (AvgIpc) is 2.58. The molecule has 2 rings (SSSR count). The molecule has 1 amide bonds. The number of halogens is 5. The minimum atomic E-state index is -2.30. The molecule has 1 atom stereocenters. The van der Waals surface area contributed by atoms with Crippen molar-refractivity contribution in [2.45, 2.75) is 26.3 Å². The summed E-state index contributed by atoms with van der Waals surface area (Å²) in [6.45, 7) is 3.75. The van der Waals surface area contributed by atoms with E-state index in [0.29, 0.717) is 12.0 Å². The van der Waals surface area contributed by atoms with Crippen molar-refractivity contribution in [1.82, 2.24) is 5.32 Å². The second-order valence-electron chi connectivity index (χ2n) is 6.01. The summed E-state index contributed by atoms with van der Waals surface area (Å²) in [4.78, 5) is 12.2. The fraction of sp³-hybridized carbons (Fsp3) is 0.278.